The van der Waals surface area contributed by atoms with E-state index in [0.29, 0.717) is 19.3 Å². The zero-order chi connectivity index (χ0) is 25.7. The van der Waals surface area contributed by atoms with Crippen LogP contribution in [0.4, 0.5) is 8.78 Å². The number of hydrogen-bond acceptors (Lipinski definition) is 2. The summed E-state index contributed by atoms with van der Waals surface area (Å²) >= 11 is 0. The average Bonchev–Trinajstić information content (AvgIpc) is 2.93. The second-order valence-electron chi connectivity index (χ2n) is 10.3. The van der Waals surface area contributed by atoms with Gasteiger partial charge >= 0.3 is 0 Å². The van der Waals surface area contributed by atoms with E-state index in [1.54, 1.807) is 0 Å². The maximum Gasteiger partial charge on any atom is 0.123 e. The standard InChI is InChI=1S/C33H33F2NO/c34-30-15-11-28(12-16-30)33(27-9-5-2-6-10-27,29-13-17-31(35)18-14-29)21-24-36-22-19-32(37,20-23-36)25-26-7-3-1-4-8-26/h1-18,37H,19-25H2. The second-order valence-corrected chi connectivity index (χ2v) is 10.3. The van der Waals surface area contributed by atoms with Crippen molar-refractivity contribution in [3.63, 3.8) is 0 Å². The molecular weight excluding hydrogens is 464 g/mol. The van der Waals surface area contributed by atoms with E-state index in [9.17, 15) is 13.9 Å². The third kappa shape index (κ3) is 5.66. The quantitative estimate of drug-likeness (QED) is 0.272. The number of piperidine rings is 1. The molecule has 1 N–H and O–H groups in total. The van der Waals surface area contributed by atoms with E-state index in [2.05, 4.69) is 29.2 Å². The Morgan fingerprint density at radius 1 is 0.649 bits per heavy atom. The summed E-state index contributed by atoms with van der Waals surface area (Å²) in [7, 11) is 0. The molecule has 0 radical (unpaired) electrons. The Hall–Kier alpha value is -3.34. The first-order valence-corrected chi connectivity index (χ1v) is 13.0. The molecule has 5 rings (SSSR count). The molecular formula is C33H33F2NO. The Kier molecular flexibility index (Phi) is 7.50. The van der Waals surface area contributed by atoms with Crippen LogP contribution in [0.3, 0.4) is 0 Å². The number of hydrogen-bond donors (Lipinski definition) is 1. The van der Waals surface area contributed by atoms with Crippen LogP contribution >= 0.6 is 0 Å². The van der Waals surface area contributed by atoms with Gasteiger partial charge in [-0.1, -0.05) is 84.9 Å². The summed E-state index contributed by atoms with van der Waals surface area (Å²) in [6.07, 6.45) is 2.84. The van der Waals surface area contributed by atoms with Crippen molar-refractivity contribution in [3.8, 4) is 0 Å². The number of nitrogens with zero attached hydrogens (tertiary/aromatic N) is 1. The van der Waals surface area contributed by atoms with Gasteiger partial charge in [0, 0.05) is 24.9 Å². The number of aliphatic hydroxyl groups is 1. The van der Waals surface area contributed by atoms with Crippen molar-refractivity contribution in [3.05, 3.63) is 143 Å². The fraction of sp³-hybridized carbons (Fsp3) is 0.273. The monoisotopic (exact) mass is 497 g/mol. The lowest BCUT2D eigenvalue weighted by Crippen LogP contribution is -2.47. The van der Waals surface area contributed by atoms with E-state index in [1.165, 1.54) is 24.3 Å². The highest BCUT2D eigenvalue weighted by molar-refractivity contribution is 5.50. The smallest absolute Gasteiger partial charge is 0.123 e. The van der Waals surface area contributed by atoms with Gasteiger partial charge in [-0.3, -0.25) is 0 Å². The molecule has 0 saturated carbocycles. The molecule has 0 aromatic heterocycles. The number of rotatable bonds is 8. The highest BCUT2D eigenvalue weighted by atomic mass is 19.1. The molecule has 4 aromatic carbocycles. The second kappa shape index (κ2) is 11.0. The molecule has 1 heterocycles. The van der Waals surface area contributed by atoms with Crippen LogP contribution in [0.2, 0.25) is 0 Å². The van der Waals surface area contributed by atoms with Crippen LogP contribution in [-0.4, -0.2) is 35.2 Å². The third-order valence-electron chi connectivity index (χ3n) is 7.91. The molecule has 1 aliphatic rings. The van der Waals surface area contributed by atoms with Crippen LogP contribution in [0.1, 0.15) is 41.5 Å². The lowest BCUT2D eigenvalue weighted by molar-refractivity contribution is -0.0213. The molecule has 0 unspecified atom stereocenters. The highest BCUT2D eigenvalue weighted by Crippen LogP contribution is 2.43. The summed E-state index contributed by atoms with van der Waals surface area (Å²) < 4.78 is 27.9. The van der Waals surface area contributed by atoms with E-state index in [0.717, 1.165) is 48.3 Å². The van der Waals surface area contributed by atoms with E-state index in [-0.39, 0.29) is 11.6 Å². The summed E-state index contributed by atoms with van der Waals surface area (Å²) in [6, 6.07) is 33.8. The van der Waals surface area contributed by atoms with Crippen LogP contribution in [0, 0.1) is 11.6 Å². The van der Waals surface area contributed by atoms with Crippen molar-refractivity contribution in [1.82, 2.24) is 4.90 Å². The van der Waals surface area contributed by atoms with Gasteiger partial charge in [0.05, 0.1) is 5.60 Å². The van der Waals surface area contributed by atoms with Gasteiger partial charge in [0.1, 0.15) is 11.6 Å². The Balaban J connectivity index is 1.42. The molecule has 0 bridgehead atoms. The molecule has 1 fully saturated rings. The maximum absolute atomic E-state index is 14.0. The minimum atomic E-state index is -0.692. The Labute approximate surface area is 218 Å². The predicted octanol–water partition coefficient (Wildman–Crippen LogP) is 6.76. The van der Waals surface area contributed by atoms with Crippen molar-refractivity contribution >= 4 is 0 Å². The zero-order valence-corrected chi connectivity index (χ0v) is 21.0. The Bertz CT molecular complexity index is 1220. The van der Waals surface area contributed by atoms with Gasteiger partial charge in [-0.2, -0.15) is 0 Å². The number of benzene rings is 4. The average molecular weight is 498 g/mol. The molecule has 2 nitrogen and oxygen atoms in total. The van der Waals surface area contributed by atoms with Crippen molar-refractivity contribution < 1.29 is 13.9 Å². The molecule has 1 aliphatic heterocycles. The topological polar surface area (TPSA) is 23.5 Å². The van der Waals surface area contributed by atoms with E-state index in [1.807, 2.05) is 60.7 Å². The largest absolute Gasteiger partial charge is 0.389 e. The van der Waals surface area contributed by atoms with Gasteiger partial charge in [-0.15, -0.1) is 0 Å². The van der Waals surface area contributed by atoms with Crippen molar-refractivity contribution in [2.45, 2.75) is 36.7 Å². The fourth-order valence-electron chi connectivity index (χ4n) is 5.80. The first kappa shape index (κ1) is 25.3. The van der Waals surface area contributed by atoms with E-state index in [4.69, 9.17) is 0 Å². The van der Waals surface area contributed by atoms with Gasteiger partial charge in [-0.25, -0.2) is 8.78 Å². The maximum atomic E-state index is 14.0. The highest BCUT2D eigenvalue weighted by Gasteiger charge is 2.38. The summed E-state index contributed by atoms with van der Waals surface area (Å²) in [4.78, 5) is 2.41. The summed E-state index contributed by atoms with van der Waals surface area (Å²) in [5, 5.41) is 11.3. The molecule has 37 heavy (non-hydrogen) atoms. The SMILES string of the molecule is OC1(Cc2ccccc2)CCN(CCC(c2ccccc2)(c2ccc(F)cc2)c2ccc(F)cc2)CC1. The minimum Gasteiger partial charge on any atom is -0.389 e. The molecule has 4 aromatic rings. The van der Waals surface area contributed by atoms with Gasteiger partial charge in [0.2, 0.25) is 0 Å². The molecule has 0 spiro atoms. The molecule has 190 valence electrons. The Morgan fingerprint density at radius 3 is 1.62 bits per heavy atom. The molecule has 0 aliphatic carbocycles. The van der Waals surface area contributed by atoms with E-state index >= 15 is 0 Å². The van der Waals surface area contributed by atoms with Crippen LogP contribution in [0.5, 0.6) is 0 Å². The van der Waals surface area contributed by atoms with Crippen molar-refractivity contribution in [2.75, 3.05) is 19.6 Å². The van der Waals surface area contributed by atoms with Crippen LogP contribution in [-0.2, 0) is 11.8 Å². The van der Waals surface area contributed by atoms with Crippen LogP contribution < -0.4 is 0 Å². The minimum absolute atomic E-state index is 0.279. The molecule has 0 amide bonds. The van der Waals surface area contributed by atoms with Gasteiger partial charge in [0.15, 0.2) is 0 Å². The fourth-order valence-corrected chi connectivity index (χ4v) is 5.80. The van der Waals surface area contributed by atoms with Gasteiger partial charge < -0.3 is 10.0 Å². The summed E-state index contributed by atoms with van der Waals surface area (Å²) in [5.41, 5.74) is 2.94. The molecule has 0 atom stereocenters. The zero-order valence-electron chi connectivity index (χ0n) is 21.0. The van der Waals surface area contributed by atoms with Crippen molar-refractivity contribution in [1.29, 1.82) is 0 Å². The lowest BCUT2D eigenvalue weighted by atomic mass is 9.67. The van der Waals surface area contributed by atoms with Crippen LogP contribution in [0.15, 0.2) is 109 Å². The van der Waals surface area contributed by atoms with Crippen molar-refractivity contribution in [2.24, 2.45) is 0 Å². The first-order valence-electron chi connectivity index (χ1n) is 13.0. The van der Waals surface area contributed by atoms with Crippen LogP contribution in [0.25, 0.3) is 0 Å². The third-order valence-corrected chi connectivity index (χ3v) is 7.91. The number of likely N-dealkylation sites (tertiary alicyclic amines) is 1. The Morgan fingerprint density at radius 2 is 1.11 bits per heavy atom. The summed E-state index contributed by atoms with van der Waals surface area (Å²) in [6.45, 7) is 2.41. The number of halogens is 2. The van der Waals surface area contributed by atoms with Gasteiger partial charge in [0.25, 0.3) is 0 Å². The lowest BCUT2D eigenvalue weighted by Gasteiger charge is -2.41. The van der Waals surface area contributed by atoms with Gasteiger partial charge in [-0.05, 0) is 72.3 Å². The molecule has 4 heteroatoms. The first-order chi connectivity index (χ1) is 18.0. The van der Waals surface area contributed by atoms with E-state index < -0.39 is 11.0 Å². The summed E-state index contributed by atoms with van der Waals surface area (Å²) in [5.74, 6) is -0.558. The normalized spacial score (nSPS) is 16.0. The molecule has 1 saturated heterocycles. The predicted molar refractivity (Wildman–Crippen MR) is 145 cm³/mol.